The fourth-order valence-corrected chi connectivity index (χ4v) is 1.72. The second-order valence-corrected chi connectivity index (χ2v) is 4.61. The minimum absolute atomic E-state index is 0.464. The molecule has 0 aliphatic rings. The highest BCUT2D eigenvalue weighted by molar-refractivity contribution is 5.77. The number of hydrogen-bond acceptors (Lipinski definition) is 3. The van der Waals surface area contributed by atoms with E-state index in [2.05, 4.69) is 16.5 Å². The van der Waals surface area contributed by atoms with E-state index < -0.39 is 11.5 Å². The van der Waals surface area contributed by atoms with E-state index in [1.807, 2.05) is 6.20 Å². The summed E-state index contributed by atoms with van der Waals surface area (Å²) in [5, 5.41) is 8.89. The number of nitrogens with two attached hydrogens (primary N) is 1. The third kappa shape index (κ3) is 3.85. The Hall–Kier alpha value is -1.36. The number of carboxylic acid groups (broad SMARTS) is 1. The van der Waals surface area contributed by atoms with Gasteiger partial charge < -0.3 is 15.4 Å². The first kappa shape index (κ1) is 13.7. The van der Waals surface area contributed by atoms with Crippen LogP contribution in [0.3, 0.4) is 0 Å². The van der Waals surface area contributed by atoms with Gasteiger partial charge in [-0.2, -0.15) is 0 Å². The summed E-state index contributed by atoms with van der Waals surface area (Å²) in [5.41, 5.74) is 4.54. The predicted molar refractivity (Wildman–Crippen MR) is 65.7 cm³/mol. The van der Waals surface area contributed by atoms with E-state index in [0.717, 1.165) is 31.6 Å². The highest BCUT2D eigenvalue weighted by atomic mass is 16.4. The molecular weight excluding hydrogens is 218 g/mol. The average molecular weight is 239 g/mol. The molecule has 0 spiro atoms. The Labute approximate surface area is 102 Å². The molecule has 0 aliphatic heterocycles. The van der Waals surface area contributed by atoms with Crippen molar-refractivity contribution in [2.24, 2.45) is 5.73 Å². The number of rotatable bonds is 7. The molecule has 1 heterocycles. The highest BCUT2D eigenvalue weighted by Crippen LogP contribution is 2.11. The van der Waals surface area contributed by atoms with E-state index in [4.69, 9.17) is 10.8 Å². The number of aryl methyl sites for hydroxylation is 2. The van der Waals surface area contributed by atoms with E-state index in [0.29, 0.717) is 6.42 Å². The summed E-state index contributed by atoms with van der Waals surface area (Å²) in [5.74, 6) is 0.110. The molecular formula is C12H21N3O2. The zero-order chi connectivity index (χ0) is 12.9. The minimum atomic E-state index is -1.13. The lowest BCUT2D eigenvalue weighted by molar-refractivity contribution is -0.142. The van der Waals surface area contributed by atoms with E-state index in [1.165, 1.54) is 0 Å². The van der Waals surface area contributed by atoms with Crippen molar-refractivity contribution < 1.29 is 9.90 Å². The number of imidazole rings is 1. The predicted octanol–water partition coefficient (Wildman–Crippen LogP) is 1.42. The van der Waals surface area contributed by atoms with Gasteiger partial charge in [-0.25, -0.2) is 4.98 Å². The van der Waals surface area contributed by atoms with Gasteiger partial charge in [0.25, 0.3) is 0 Å². The van der Waals surface area contributed by atoms with Gasteiger partial charge in [0.2, 0.25) is 0 Å². The summed E-state index contributed by atoms with van der Waals surface area (Å²) in [7, 11) is 0. The molecule has 5 heteroatoms. The van der Waals surface area contributed by atoms with Crippen molar-refractivity contribution in [3.05, 3.63) is 18.2 Å². The maximum Gasteiger partial charge on any atom is 0.323 e. The smallest absolute Gasteiger partial charge is 0.323 e. The summed E-state index contributed by atoms with van der Waals surface area (Å²) in [6, 6.07) is 0. The summed E-state index contributed by atoms with van der Waals surface area (Å²) < 4.78 is 2.07. The quantitative estimate of drug-likeness (QED) is 0.754. The third-order valence-corrected chi connectivity index (χ3v) is 2.86. The zero-order valence-electron chi connectivity index (χ0n) is 10.5. The maximum absolute atomic E-state index is 10.8. The van der Waals surface area contributed by atoms with Crippen molar-refractivity contribution in [2.75, 3.05) is 0 Å². The molecule has 5 nitrogen and oxygen atoms in total. The van der Waals surface area contributed by atoms with Crippen LogP contribution in [0.15, 0.2) is 12.4 Å². The van der Waals surface area contributed by atoms with Crippen LogP contribution in [0.5, 0.6) is 0 Å². The number of aliphatic carboxylic acids is 1. The number of aromatic nitrogens is 2. The average Bonchev–Trinajstić information content (AvgIpc) is 2.66. The van der Waals surface area contributed by atoms with Crippen LogP contribution in [0.2, 0.25) is 0 Å². The van der Waals surface area contributed by atoms with Crippen LogP contribution in [0.4, 0.5) is 0 Å². The molecule has 96 valence electrons. The molecule has 0 radical (unpaired) electrons. The van der Waals surface area contributed by atoms with Crippen LogP contribution < -0.4 is 5.73 Å². The first-order valence-corrected chi connectivity index (χ1v) is 5.99. The minimum Gasteiger partial charge on any atom is -0.480 e. The molecule has 1 unspecified atom stereocenters. The van der Waals surface area contributed by atoms with Crippen molar-refractivity contribution >= 4 is 5.97 Å². The Bertz CT molecular complexity index is 372. The SMILES string of the molecule is CCCc1nccn1CCCC(C)(N)C(=O)O. The molecule has 0 aliphatic carbocycles. The Balaban J connectivity index is 2.45. The van der Waals surface area contributed by atoms with Gasteiger partial charge in [-0.05, 0) is 26.2 Å². The van der Waals surface area contributed by atoms with Gasteiger partial charge in [0.15, 0.2) is 0 Å². The Morgan fingerprint density at radius 1 is 1.65 bits per heavy atom. The van der Waals surface area contributed by atoms with E-state index in [-0.39, 0.29) is 0 Å². The highest BCUT2D eigenvalue weighted by Gasteiger charge is 2.26. The molecule has 0 saturated carbocycles. The molecule has 3 N–H and O–H groups in total. The molecule has 0 amide bonds. The first-order chi connectivity index (χ1) is 7.97. The lowest BCUT2D eigenvalue weighted by Crippen LogP contribution is -2.44. The van der Waals surface area contributed by atoms with Gasteiger partial charge in [-0.15, -0.1) is 0 Å². The molecule has 1 rings (SSSR count). The van der Waals surface area contributed by atoms with Crippen LogP contribution in [0.25, 0.3) is 0 Å². The van der Waals surface area contributed by atoms with Gasteiger partial charge >= 0.3 is 5.97 Å². The lowest BCUT2D eigenvalue weighted by atomic mass is 9.97. The number of hydrogen-bond donors (Lipinski definition) is 2. The maximum atomic E-state index is 10.8. The molecule has 1 aromatic heterocycles. The summed E-state index contributed by atoms with van der Waals surface area (Å²) in [6.45, 7) is 4.44. The molecule has 1 aromatic rings. The van der Waals surface area contributed by atoms with Crippen LogP contribution >= 0.6 is 0 Å². The number of carbonyl (C=O) groups is 1. The number of carboxylic acids is 1. The molecule has 0 bridgehead atoms. The monoisotopic (exact) mass is 239 g/mol. The molecule has 0 fully saturated rings. The third-order valence-electron chi connectivity index (χ3n) is 2.86. The number of nitrogens with zero attached hydrogens (tertiary/aromatic N) is 2. The van der Waals surface area contributed by atoms with Gasteiger partial charge in [0.1, 0.15) is 11.4 Å². The molecule has 0 aromatic carbocycles. The summed E-state index contributed by atoms with van der Waals surface area (Å²) >= 11 is 0. The first-order valence-electron chi connectivity index (χ1n) is 5.99. The zero-order valence-corrected chi connectivity index (χ0v) is 10.5. The van der Waals surface area contributed by atoms with E-state index in [1.54, 1.807) is 13.1 Å². The van der Waals surface area contributed by atoms with Gasteiger partial charge in [0.05, 0.1) is 0 Å². The second-order valence-electron chi connectivity index (χ2n) is 4.61. The van der Waals surface area contributed by atoms with Crippen molar-refractivity contribution in [1.82, 2.24) is 9.55 Å². The largest absolute Gasteiger partial charge is 0.480 e. The Kier molecular flexibility index (Phi) is 4.69. The Morgan fingerprint density at radius 2 is 2.35 bits per heavy atom. The normalized spacial score (nSPS) is 14.5. The van der Waals surface area contributed by atoms with Crippen molar-refractivity contribution in [2.45, 2.75) is 51.6 Å². The van der Waals surface area contributed by atoms with Crippen molar-refractivity contribution in [3.8, 4) is 0 Å². The van der Waals surface area contributed by atoms with Crippen LogP contribution in [-0.4, -0.2) is 26.2 Å². The van der Waals surface area contributed by atoms with Crippen molar-refractivity contribution in [1.29, 1.82) is 0 Å². The van der Waals surface area contributed by atoms with Crippen LogP contribution in [-0.2, 0) is 17.8 Å². The fourth-order valence-electron chi connectivity index (χ4n) is 1.72. The molecule has 0 saturated heterocycles. The second kappa shape index (κ2) is 5.82. The van der Waals surface area contributed by atoms with Crippen molar-refractivity contribution in [3.63, 3.8) is 0 Å². The standard InChI is InChI=1S/C12H21N3O2/c1-3-5-10-14-7-9-15(10)8-4-6-12(2,13)11(16)17/h7,9H,3-6,8,13H2,1-2H3,(H,16,17). The topological polar surface area (TPSA) is 81.1 Å². The lowest BCUT2D eigenvalue weighted by Gasteiger charge is -2.19. The van der Waals surface area contributed by atoms with Gasteiger partial charge in [-0.1, -0.05) is 6.92 Å². The van der Waals surface area contributed by atoms with Gasteiger partial charge in [-0.3, -0.25) is 4.79 Å². The summed E-state index contributed by atoms with van der Waals surface area (Å²) in [6.07, 6.45) is 6.93. The van der Waals surface area contributed by atoms with Gasteiger partial charge in [0, 0.05) is 25.4 Å². The fraction of sp³-hybridized carbons (Fsp3) is 0.667. The summed E-state index contributed by atoms with van der Waals surface area (Å²) in [4.78, 5) is 15.1. The van der Waals surface area contributed by atoms with Crippen LogP contribution in [0, 0.1) is 0 Å². The van der Waals surface area contributed by atoms with E-state index >= 15 is 0 Å². The molecule has 17 heavy (non-hydrogen) atoms. The van der Waals surface area contributed by atoms with Crippen LogP contribution in [0.1, 0.15) is 38.9 Å². The molecule has 1 atom stereocenters. The Morgan fingerprint density at radius 3 is 2.94 bits per heavy atom. The van der Waals surface area contributed by atoms with E-state index in [9.17, 15) is 4.79 Å².